The lowest BCUT2D eigenvalue weighted by Crippen LogP contribution is -1.99. The van der Waals surface area contributed by atoms with Gasteiger partial charge in [-0.25, -0.2) is 4.98 Å². The molecule has 0 fully saturated rings. The number of terminal acetylenes is 1. The van der Waals surface area contributed by atoms with Crippen LogP contribution in [0.3, 0.4) is 0 Å². The number of hydrogen-bond donors (Lipinski definition) is 1. The SMILES string of the molecule is C#CCn1cnc2cc(Nc3nnc(-c4ccccc4)c4ccccc34)ccc21. The number of nitrogens with one attached hydrogen (secondary N) is 1. The minimum absolute atomic E-state index is 0.500. The van der Waals surface area contributed by atoms with Crippen molar-refractivity contribution in [2.45, 2.75) is 6.54 Å². The number of anilines is 2. The van der Waals surface area contributed by atoms with Crippen LogP contribution >= 0.6 is 0 Å². The summed E-state index contributed by atoms with van der Waals surface area (Å²) in [6.07, 6.45) is 7.19. The molecule has 2 heterocycles. The summed E-state index contributed by atoms with van der Waals surface area (Å²) in [4.78, 5) is 4.45. The predicted octanol–water partition coefficient (Wildman–Crippen LogP) is 5.02. The summed E-state index contributed by atoms with van der Waals surface area (Å²) in [6.45, 7) is 0.500. The molecule has 0 saturated carbocycles. The summed E-state index contributed by atoms with van der Waals surface area (Å²) in [7, 11) is 0. The molecule has 5 rings (SSSR count). The zero-order valence-corrected chi connectivity index (χ0v) is 15.6. The standard InChI is InChI=1S/C24H17N5/c1-2-14-29-16-25-21-15-18(12-13-22(21)29)26-24-20-11-7-6-10-19(20)23(27-28-24)17-8-4-3-5-9-17/h1,3-13,15-16H,14H2,(H,26,28). The fraction of sp³-hybridized carbons (Fsp3) is 0.0417. The van der Waals surface area contributed by atoms with Gasteiger partial charge in [0.2, 0.25) is 0 Å². The largest absolute Gasteiger partial charge is 0.338 e. The molecule has 0 atom stereocenters. The smallest absolute Gasteiger partial charge is 0.161 e. The van der Waals surface area contributed by atoms with Crippen molar-refractivity contribution in [2.75, 3.05) is 5.32 Å². The Labute approximate surface area is 168 Å². The van der Waals surface area contributed by atoms with E-state index in [0.717, 1.165) is 38.8 Å². The number of benzene rings is 3. The maximum absolute atomic E-state index is 5.42. The van der Waals surface area contributed by atoms with Gasteiger partial charge in [-0.15, -0.1) is 16.6 Å². The van der Waals surface area contributed by atoms with Crippen molar-refractivity contribution in [1.82, 2.24) is 19.7 Å². The van der Waals surface area contributed by atoms with Crippen molar-refractivity contribution in [2.24, 2.45) is 0 Å². The van der Waals surface area contributed by atoms with Gasteiger partial charge < -0.3 is 9.88 Å². The number of nitrogens with zero attached hydrogens (tertiary/aromatic N) is 4. The maximum Gasteiger partial charge on any atom is 0.161 e. The minimum Gasteiger partial charge on any atom is -0.338 e. The van der Waals surface area contributed by atoms with Crippen molar-refractivity contribution in [1.29, 1.82) is 0 Å². The highest BCUT2D eigenvalue weighted by Crippen LogP contribution is 2.31. The summed E-state index contributed by atoms with van der Waals surface area (Å²) in [5.74, 6) is 3.36. The van der Waals surface area contributed by atoms with Crippen LogP contribution in [-0.4, -0.2) is 19.7 Å². The minimum atomic E-state index is 0.500. The zero-order valence-electron chi connectivity index (χ0n) is 15.6. The van der Waals surface area contributed by atoms with Gasteiger partial charge >= 0.3 is 0 Å². The molecule has 0 bridgehead atoms. The van der Waals surface area contributed by atoms with Gasteiger partial charge in [-0.2, -0.15) is 0 Å². The lowest BCUT2D eigenvalue weighted by molar-refractivity contribution is 0.871. The topological polar surface area (TPSA) is 55.6 Å². The fourth-order valence-corrected chi connectivity index (χ4v) is 3.51. The lowest BCUT2D eigenvalue weighted by Gasteiger charge is -2.11. The Balaban J connectivity index is 1.56. The average molecular weight is 375 g/mol. The van der Waals surface area contributed by atoms with E-state index in [4.69, 9.17) is 6.42 Å². The van der Waals surface area contributed by atoms with Crippen molar-refractivity contribution in [3.63, 3.8) is 0 Å². The van der Waals surface area contributed by atoms with Gasteiger partial charge in [0.25, 0.3) is 0 Å². The van der Waals surface area contributed by atoms with Crippen LogP contribution in [0.4, 0.5) is 11.5 Å². The summed E-state index contributed by atoms with van der Waals surface area (Å²) >= 11 is 0. The van der Waals surface area contributed by atoms with Crippen molar-refractivity contribution >= 4 is 33.3 Å². The lowest BCUT2D eigenvalue weighted by atomic mass is 10.0. The molecule has 5 heteroatoms. The van der Waals surface area contributed by atoms with Crippen LogP contribution in [0.15, 0.2) is 79.1 Å². The van der Waals surface area contributed by atoms with Crippen LogP contribution < -0.4 is 5.32 Å². The van der Waals surface area contributed by atoms with E-state index < -0.39 is 0 Å². The predicted molar refractivity (Wildman–Crippen MR) is 117 cm³/mol. The van der Waals surface area contributed by atoms with E-state index in [2.05, 4.69) is 38.6 Å². The molecule has 0 spiro atoms. The monoisotopic (exact) mass is 375 g/mol. The van der Waals surface area contributed by atoms with Crippen molar-refractivity contribution < 1.29 is 0 Å². The molecule has 0 saturated heterocycles. The van der Waals surface area contributed by atoms with Crippen molar-refractivity contribution in [3.05, 3.63) is 79.1 Å². The van der Waals surface area contributed by atoms with E-state index in [1.165, 1.54) is 0 Å². The summed E-state index contributed by atoms with van der Waals surface area (Å²) in [5.41, 5.74) is 4.70. The second-order valence-electron chi connectivity index (χ2n) is 6.71. The van der Waals surface area contributed by atoms with E-state index in [-0.39, 0.29) is 0 Å². The van der Waals surface area contributed by atoms with Crippen LogP contribution in [-0.2, 0) is 6.54 Å². The normalized spacial score (nSPS) is 10.9. The Kier molecular flexibility index (Phi) is 4.15. The van der Waals surface area contributed by atoms with E-state index in [0.29, 0.717) is 12.4 Å². The van der Waals surface area contributed by atoms with Crippen LogP contribution in [0.5, 0.6) is 0 Å². The Hall–Kier alpha value is -4.17. The molecule has 0 aliphatic carbocycles. The van der Waals surface area contributed by atoms with E-state index >= 15 is 0 Å². The van der Waals surface area contributed by atoms with Gasteiger partial charge in [0, 0.05) is 22.0 Å². The maximum atomic E-state index is 5.42. The van der Waals surface area contributed by atoms with E-state index in [1.54, 1.807) is 6.33 Å². The first-order valence-electron chi connectivity index (χ1n) is 9.30. The average Bonchev–Trinajstić information content (AvgIpc) is 3.17. The molecule has 138 valence electrons. The van der Waals surface area contributed by atoms with Gasteiger partial charge in [0.15, 0.2) is 5.82 Å². The molecule has 0 unspecified atom stereocenters. The van der Waals surface area contributed by atoms with Crippen LogP contribution in [0, 0.1) is 12.3 Å². The molecule has 0 amide bonds. The molecular formula is C24H17N5. The highest BCUT2D eigenvalue weighted by molar-refractivity contribution is 6.01. The van der Waals surface area contributed by atoms with Gasteiger partial charge in [-0.3, -0.25) is 0 Å². The molecule has 0 aliphatic rings. The quantitative estimate of drug-likeness (QED) is 0.448. The molecule has 2 aromatic heterocycles. The highest BCUT2D eigenvalue weighted by Gasteiger charge is 2.11. The number of hydrogen-bond acceptors (Lipinski definition) is 4. The second-order valence-corrected chi connectivity index (χ2v) is 6.71. The third-order valence-electron chi connectivity index (χ3n) is 4.88. The zero-order chi connectivity index (χ0) is 19.6. The number of aromatic nitrogens is 4. The molecule has 1 N–H and O–H groups in total. The molecule has 0 aliphatic heterocycles. The highest BCUT2D eigenvalue weighted by atomic mass is 15.2. The van der Waals surface area contributed by atoms with Gasteiger partial charge in [0.05, 0.1) is 23.9 Å². The first-order valence-corrected chi connectivity index (χ1v) is 9.30. The summed E-state index contributed by atoms with van der Waals surface area (Å²) in [6, 6.07) is 24.3. The summed E-state index contributed by atoms with van der Waals surface area (Å²) in [5, 5.41) is 14.5. The fourth-order valence-electron chi connectivity index (χ4n) is 3.51. The van der Waals surface area contributed by atoms with Gasteiger partial charge in [0.1, 0.15) is 5.69 Å². The molecule has 5 aromatic rings. The van der Waals surface area contributed by atoms with Crippen LogP contribution in [0.1, 0.15) is 0 Å². The first kappa shape index (κ1) is 17.0. The Morgan fingerprint density at radius 3 is 2.52 bits per heavy atom. The molecular weight excluding hydrogens is 358 g/mol. The van der Waals surface area contributed by atoms with E-state index in [1.807, 2.05) is 65.2 Å². The summed E-state index contributed by atoms with van der Waals surface area (Å²) < 4.78 is 1.95. The first-order chi connectivity index (χ1) is 14.3. The van der Waals surface area contributed by atoms with Crippen LogP contribution in [0.2, 0.25) is 0 Å². The van der Waals surface area contributed by atoms with Gasteiger partial charge in [-0.05, 0) is 18.2 Å². The molecule has 0 radical (unpaired) electrons. The number of fused-ring (bicyclic) bond motifs is 2. The van der Waals surface area contributed by atoms with Crippen molar-refractivity contribution in [3.8, 4) is 23.6 Å². The van der Waals surface area contributed by atoms with E-state index in [9.17, 15) is 0 Å². The van der Waals surface area contributed by atoms with Crippen LogP contribution in [0.25, 0.3) is 33.1 Å². The Morgan fingerprint density at radius 1 is 0.897 bits per heavy atom. The number of imidazole rings is 1. The number of rotatable bonds is 4. The Bertz CT molecular complexity index is 1360. The third-order valence-corrected chi connectivity index (χ3v) is 4.88. The third kappa shape index (κ3) is 3.07. The molecule has 29 heavy (non-hydrogen) atoms. The Morgan fingerprint density at radius 2 is 1.69 bits per heavy atom. The second kappa shape index (κ2) is 7.10. The molecule has 3 aromatic carbocycles. The van der Waals surface area contributed by atoms with Gasteiger partial charge in [-0.1, -0.05) is 60.5 Å². The molecule has 5 nitrogen and oxygen atoms in total.